The highest BCUT2D eigenvalue weighted by Gasteiger charge is 2.24. The lowest BCUT2D eigenvalue weighted by molar-refractivity contribution is 0.0937. The van der Waals surface area contributed by atoms with Gasteiger partial charge in [-0.05, 0) is 25.3 Å². The van der Waals surface area contributed by atoms with Crippen LogP contribution in [-0.4, -0.2) is 59.4 Å². The highest BCUT2D eigenvalue weighted by molar-refractivity contribution is 7.20. The molecule has 33 heavy (non-hydrogen) atoms. The van der Waals surface area contributed by atoms with Gasteiger partial charge in [-0.3, -0.25) is 4.79 Å². The number of nitrogens with one attached hydrogen (secondary N) is 2. The van der Waals surface area contributed by atoms with E-state index in [0.717, 1.165) is 31.2 Å². The second-order valence-corrected chi connectivity index (χ2v) is 9.36. The van der Waals surface area contributed by atoms with Gasteiger partial charge in [-0.2, -0.15) is 15.1 Å². The molecule has 0 bridgehead atoms. The van der Waals surface area contributed by atoms with Crippen molar-refractivity contribution >= 4 is 45.6 Å². The number of benzene rings is 1. The van der Waals surface area contributed by atoms with Crippen LogP contribution in [0.25, 0.3) is 10.3 Å². The second kappa shape index (κ2) is 9.80. The molecule has 2 fully saturated rings. The maximum absolute atomic E-state index is 12.8. The molecule has 1 aliphatic carbocycles. The van der Waals surface area contributed by atoms with Gasteiger partial charge in [0.2, 0.25) is 5.95 Å². The molecule has 1 aromatic carbocycles. The minimum absolute atomic E-state index is 0.134. The van der Waals surface area contributed by atoms with Crippen LogP contribution in [0.5, 0.6) is 0 Å². The maximum atomic E-state index is 12.8. The van der Waals surface area contributed by atoms with E-state index in [-0.39, 0.29) is 11.9 Å². The van der Waals surface area contributed by atoms with Crippen molar-refractivity contribution in [2.45, 2.75) is 38.6 Å². The summed E-state index contributed by atoms with van der Waals surface area (Å²) in [6, 6.07) is 8.31. The SMILES string of the molecule is Cc1cccc(/C=N/Nc2nc(N3CCOCC3)c3nc(C(=O)NC4CCCC4)sc3n2)c1. The number of rotatable bonds is 6. The number of hydrazone groups is 1. The van der Waals surface area contributed by atoms with Gasteiger partial charge in [0.05, 0.1) is 19.4 Å². The van der Waals surface area contributed by atoms with Gasteiger partial charge in [-0.1, -0.05) is 54.0 Å². The molecule has 5 rings (SSSR count). The third-order valence-electron chi connectivity index (χ3n) is 5.86. The minimum Gasteiger partial charge on any atom is -0.378 e. The Morgan fingerprint density at radius 3 is 2.82 bits per heavy atom. The number of hydrogen-bond acceptors (Lipinski definition) is 9. The Morgan fingerprint density at radius 2 is 2.03 bits per heavy atom. The standard InChI is InChI=1S/C23H27N7O2S/c1-15-5-4-6-16(13-15)14-24-29-23-27-19(30-9-11-32-12-10-30)18-21(28-23)33-22(26-18)20(31)25-17-7-2-3-8-17/h4-6,13-14,17H,2-3,7-12H2,1H3,(H,25,31)(H,27,28,29)/b24-14+. The van der Waals surface area contributed by atoms with E-state index < -0.39 is 0 Å². The molecule has 1 amide bonds. The number of nitrogens with zero attached hydrogens (tertiary/aromatic N) is 5. The summed E-state index contributed by atoms with van der Waals surface area (Å²) in [7, 11) is 0. The lowest BCUT2D eigenvalue weighted by atomic mass is 10.2. The van der Waals surface area contributed by atoms with Crippen molar-refractivity contribution in [3.63, 3.8) is 0 Å². The van der Waals surface area contributed by atoms with Gasteiger partial charge in [-0.15, -0.1) is 0 Å². The van der Waals surface area contributed by atoms with Crippen molar-refractivity contribution in [1.82, 2.24) is 20.3 Å². The van der Waals surface area contributed by atoms with Gasteiger partial charge in [0.1, 0.15) is 5.52 Å². The van der Waals surface area contributed by atoms with Crippen LogP contribution in [0.2, 0.25) is 0 Å². The highest BCUT2D eigenvalue weighted by Crippen LogP contribution is 2.30. The van der Waals surface area contributed by atoms with E-state index in [9.17, 15) is 4.79 Å². The van der Waals surface area contributed by atoms with Crippen LogP contribution in [0.1, 0.15) is 46.6 Å². The van der Waals surface area contributed by atoms with Crippen molar-refractivity contribution in [3.8, 4) is 0 Å². The predicted molar refractivity (Wildman–Crippen MR) is 130 cm³/mol. The van der Waals surface area contributed by atoms with Crippen molar-refractivity contribution in [2.24, 2.45) is 5.10 Å². The predicted octanol–water partition coefficient (Wildman–Crippen LogP) is 3.35. The number of amides is 1. The molecule has 1 saturated heterocycles. The van der Waals surface area contributed by atoms with Gasteiger partial charge in [-0.25, -0.2) is 10.4 Å². The average molecular weight is 466 g/mol. The molecule has 9 nitrogen and oxygen atoms in total. The van der Waals surface area contributed by atoms with E-state index in [1.54, 1.807) is 6.21 Å². The van der Waals surface area contributed by atoms with E-state index in [2.05, 4.69) is 30.7 Å². The molecule has 0 radical (unpaired) electrons. The average Bonchev–Trinajstić information content (AvgIpc) is 3.49. The van der Waals surface area contributed by atoms with Crippen LogP contribution in [0.3, 0.4) is 0 Å². The van der Waals surface area contributed by atoms with Crippen LogP contribution >= 0.6 is 11.3 Å². The number of fused-ring (bicyclic) bond motifs is 1. The first-order chi connectivity index (χ1) is 16.2. The zero-order valence-electron chi connectivity index (χ0n) is 18.6. The fourth-order valence-electron chi connectivity index (χ4n) is 4.18. The number of anilines is 2. The quantitative estimate of drug-likeness (QED) is 0.425. The molecule has 1 saturated carbocycles. The molecule has 0 spiro atoms. The first-order valence-corrected chi connectivity index (χ1v) is 12.2. The van der Waals surface area contributed by atoms with Crippen LogP contribution in [0.15, 0.2) is 29.4 Å². The van der Waals surface area contributed by atoms with E-state index in [1.807, 2.05) is 31.2 Å². The summed E-state index contributed by atoms with van der Waals surface area (Å²) in [6.07, 6.45) is 6.12. The van der Waals surface area contributed by atoms with E-state index >= 15 is 0 Å². The van der Waals surface area contributed by atoms with Crippen molar-refractivity contribution in [3.05, 3.63) is 40.4 Å². The zero-order valence-corrected chi connectivity index (χ0v) is 19.4. The van der Waals surface area contributed by atoms with Crippen LogP contribution < -0.4 is 15.6 Å². The van der Waals surface area contributed by atoms with E-state index in [0.29, 0.717) is 53.4 Å². The molecule has 0 atom stereocenters. The third kappa shape index (κ3) is 5.12. The molecule has 2 N–H and O–H groups in total. The number of carbonyl (C=O) groups excluding carboxylic acids is 1. The number of morpholine rings is 1. The Hall–Kier alpha value is -3.11. The number of aryl methyl sites for hydroxylation is 1. The van der Waals surface area contributed by atoms with Crippen LogP contribution in [0, 0.1) is 6.92 Å². The molecule has 1 aliphatic heterocycles. The third-order valence-corrected chi connectivity index (χ3v) is 6.80. The Labute approximate surface area is 196 Å². The number of thiazole rings is 1. The van der Waals surface area contributed by atoms with E-state index in [4.69, 9.17) is 9.72 Å². The van der Waals surface area contributed by atoms with E-state index in [1.165, 1.54) is 16.9 Å². The van der Waals surface area contributed by atoms with Crippen molar-refractivity contribution in [1.29, 1.82) is 0 Å². The molecule has 0 unspecified atom stereocenters. The van der Waals surface area contributed by atoms with Gasteiger partial charge in [0.25, 0.3) is 5.91 Å². The van der Waals surface area contributed by atoms with Gasteiger partial charge in [0.15, 0.2) is 15.7 Å². The Kier molecular flexibility index (Phi) is 6.45. The second-order valence-electron chi connectivity index (χ2n) is 8.38. The topological polar surface area (TPSA) is 105 Å². The monoisotopic (exact) mass is 465 g/mol. The van der Waals surface area contributed by atoms with Gasteiger partial charge < -0.3 is 15.0 Å². The molecular formula is C23H27N7O2S. The summed E-state index contributed by atoms with van der Waals surface area (Å²) in [5, 5.41) is 7.85. The molecule has 3 aromatic rings. The molecular weight excluding hydrogens is 438 g/mol. The number of aromatic nitrogens is 3. The first-order valence-electron chi connectivity index (χ1n) is 11.3. The Bertz CT molecular complexity index is 1170. The van der Waals surface area contributed by atoms with Crippen molar-refractivity contribution in [2.75, 3.05) is 36.6 Å². The summed E-state index contributed by atoms with van der Waals surface area (Å²) in [4.78, 5) is 29.5. The normalized spacial score (nSPS) is 17.2. The summed E-state index contributed by atoms with van der Waals surface area (Å²) in [6.45, 7) is 4.71. The lowest BCUT2D eigenvalue weighted by Gasteiger charge is -2.27. The zero-order chi connectivity index (χ0) is 22.6. The summed E-state index contributed by atoms with van der Waals surface area (Å²) in [5.41, 5.74) is 5.75. The van der Waals surface area contributed by atoms with Crippen LogP contribution in [0.4, 0.5) is 11.8 Å². The lowest BCUT2D eigenvalue weighted by Crippen LogP contribution is -2.37. The fraction of sp³-hybridized carbons (Fsp3) is 0.435. The first kappa shape index (κ1) is 21.7. The molecule has 3 heterocycles. The fourth-order valence-corrected chi connectivity index (χ4v) is 5.02. The van der Waals surface area contributed by atoms with Crippen molar-refractivity contribution < 1.29 is 9.53 Å². The smallest absolute Gasteiger partial charge is 0.280 e. The number of ether oxygens (including phenoxy) is 1. The molecule has 2 aromatic heterocycles. The minimum atomic E-state index is -0.134. The summed E-state index contributed by atoms with van der Waals surface area (Å²) >= 11 is 1.29. The largest absolute Gasteiger partial charge is 0.378 e. The number of hydrogen-bond donors (Lipinski definition) is 2. The maximum Gasteiger partial charge on any atom is 0.280 e. The highest BCUT2D eigenvalue weighted by atomic mass is 32.1. The van der Waals surface area contributed by atoms with Gasteiger partial charge >= 0.3 is 0 Å². The Morgan fingerprint density at radius 1 is 1.21 bits per heavy atom. The summed E-state index contributed by atoms with van der Waals surface area (Å²) < 4.78 is 5.50. The molecule has 2 aliphatic rings. The molecule has 10 heteroatoms. The number of carbonyl (C=O) groups is 1. The summed E-state index contributed by atoms with van der Waals surface area (Å²) in [5.74, 6) is 0.942. The Balaban J connectivity index is 1.43. The van der Waals surface area contributed by atoms with Gasteiger partial charge in [0, 0.05) is 19.1 Å². The molecule has 172 valence electrons. The van der Waals surface area contributed by atoms with Crippen LogP contribution in [-0.2, 0) is 4.74 Å².